The van der Waals surface area contributed by atoms with Crippen LogP contribution in [0, 0.1) is 0 Å². The number of rotatable bonds is 4. The van der Waals surface area contributed by atoms with Crippen molar-refractivity contribution in [2.45, 2.75) is 72.2 Å². The SMILES string of the molecule is CNC(=O)c1ccc(-n2c(NC(C)C)nc3c(c2=O)C[C@@H](C)N(C(=O)OC(C)(C)C)C3)cc1. The summed E-state index contributed by atoms with van der Waals surface area (Å²) in [7, 11) is 1.57. The van der Waals surface area contributed by atoms with E-state index in [0.29, 0.717) is 34.9 Å². The summed E-state index contributed by atoms with van der Waals surface area (Å²) in [6.07, 6.45) is -0.0478. The maximum atomic E-state index is 13.6. The molecule has 33 heavy (non-hydrogen) atoms. The highest BCUT2D eigenvalue weighted by Crippen LogP contribution is 2.25. The van der Waals surface area contributed by atoms with E-state index in [4.69, 9.17) is 9.72 Å². The van der Waals surface area contributed by atoms with Crippen molar-refractivity contribution in [3.05, 3.63) is 51.4 Å². The average molecular weight is 456 g/mol. The molecule has 0 radical (unpaired) electrons. The van der Waals surface area contributed by atoms with Crippen molar-refractivity contribution < 1.29 is 14.3 Å². The lowest BCUT2D eigenvalue weighted by molar-refractivity contribution is 0.0133. The van der Waals surface area contributed by atoms with E-state index in [9.17, 15) is 14.4 Å². The Kier molecular flexibility index (Phi) is 6.81. The first kappa shape index (κ1) is 24.3. The fourth-order valence-corrected chi connectivity index (χ4v) is 3.72. The third-order valence-corrected chi connectivity index (χ3v) is 5.27. The Balaban J connectivity index is 2.06. The van der Waals surface area contributed by atoms with E-state index in [1.165, 1.54) is 4.57 Å². The van der Waals surface area contributed by atoms with Crippen molar-refractivity contribution in [3.8, 4) is 5.69 Å². The molecule has 9 heteroatoms. The van der Waals surface area contributed by atoms with Crippen molar-refractivity contribution in [2.24, 2.45) is 0 Å². The molecule has 2 amide bonds. The normalized spacial score (nSPS) is 15.8. The fourth-order valence-electron chi connectivity index (χ4n) is 3.72. The molecule has 9 nitrogen and oxygen atoms in total. The summed E-state index contributed by atoms with van der Waals surface area (Å²) in [6, 6.07) is 6.61. The summed E-state index contributed by atoms with van der Waals surface area (Å²) in [5.74, 6) is 0.189. The second-order valence-corrected chi connectivity index (χ2v) is 9.59. The Labute approximate surface area is 194 Å². The van der Waals surface area contributed by atoms with Crippen LogP contribution in [-0.4, -0.2) is 51.2 Å². The molecule has 2 N–H and O–H groups in total. The summed E-state index contributed by atoms with van der Waals surface area (Å²) in [6.45, 7) is 11.5. The third kappa shape index (κ3) is 5.35. The van der Waals surface area contributed by atoms with Gasteiger partial charge in [0.05, 0.1) is 17.9 Å². The van der Waals surface area contributed by atoms with E-state index in [1.54, 1.807) is 36.2 Å². The minimum Gasteiger partial charge on any atom is -0.444 e. The van der Waals surface area contributed by atoms with Gasteiger partial charge in [0.25, 0.3) is 11.5 Å². The summed E-state index contributed by atoms with van der Waals surface area (Å²) in [4.78, 5) is 44.6. The van der Waals surface area contributed by atoms with Crippen LogP contribution in [0.5, 0.6) is 0 Å². The van der Waals surface area contributed by atoms with E-state index < -0.39 is 11.7 Å². The van der Waals surface area contributed by atoms with Crippen LogP contribution >= 0.6 is 0 Å². The van der Waals surface area contributed by atoms with Crippen LogP contribution in [0.4, 0.5) is 10.7 Å². The van der Waals surface area contributed by atoms with E-state index in [1.807, 2.05) is 41.5 Å². The molecule has 0 saturated carbocycles. The molecule has 1 aliphatic rings. The zero-order valence-electron chi connectivity index (χ0n) is 20.4. The molecule has 0 unspecified atom stereocenters. The fraction of sp³-hybridized carbons (Fsp3) is 0.500. The van der Waals surface area contributed by atoms with Gasteiger partial charge in [-0.15, -0.1) is 0 Å². The largest absolute Gasteiger partial charge is 0.444 e. The lowest BCUT2D eigenvalue weighted by Crippen LogP contribution is -2.47. The topological polar surface area (TPSA) is 106 Å². The molecule has 1 aromatic carbocycles. The van der Waals surface area contributed by atoms with Gasteiger partial charge in [-0.1, -0.05) is 0 Å². The van der Waals surface area contributed by atoms with Crippen molar-refractivity contribution in [3.63, 3.8) is 0 Å². The molecule has 0 saturated heterocycles. The highest BCUT2D eigenvalue weighted by atomic mass is 16.6. The minimum absolute atomic E-state index is 0.0239. The summed E-state index contributed by atoms with van der Waals surface area (Å²) in [5.41, 5.74) is 1.44. The van der Waals surface area contributed by atoms with Crippen molar-refractivity contribution >= 4 is 17.9 Å². The second kappa shape index (κ2) is 9.25. The maximum absolute atomic E-state index is 13.6. The molecule has 0 fully saturated rings. The van der Waals surface area contributed by atoms with Crippen LogP contribution < -0.4 is 16.2 Å². The Morgan fingerprint density at radius 1 is 1.18 bits per heavy atom. The van der Waals surface area contributed by atoms with Crippen LogP contribution in [0.3, 0.4) is 0 Å². The van der Waals surface area contributed by atoms with Crippen LogP contribution in [-0.2, 0) is 17.7 Å². The number of carbonyl (C=O) groups is 2. The van der Waals surface area contributed by atoms with Crippen molar-refractivity contribution in [1.82, 2.24) is 19.8 Å². The van der Waals surface area contributed by atoms with Gasteiger partial charge in [-0.05, 0) is 65.8 Å². The number of anilines is 1. The molecule has 0 aliphatic carbocycles. The Morgan fingerprint density at radius 3 is 2.36 bits per heavy atom. The number of hydrogen-bond acceptors (Lipinski definition) is 6. The number of benzene rings is 1. The van der Waals surface area contributed by atoms with Crippen molar-refractivity contribution in [2.75, 3.05) is 12.4 Å². The number of aromatic nitrogens is 2. The molecular formula is C24H33N5O4. The second-order valence-electron chi connectivity index (χ2n) is 9.59. The van der Waals surface area contributed by atoms with Crippen LogP contribution in [0.1, 0.15) is 63.2 Å². The number of amides is 2. The van der Waals surface area contributed by atoms with Gasteiger partial charge in [0.15, 0.2) is 0 Å². The summed E-state index contributed by atoms with van der Waals surface area (Å²) < 4.78 is 7.08. The van der Waals surface area contributed by atoms with Gasteiger partial charge in [-0.2, -0.15) is 0 Å². The summed E-state index contributed by atoms with van der Waals surface area (Å²) in [5, 5.41) is 5.83. The number of nitrogens with zero attached hydrogens (tertiary/aromatic N) is 3. The Hall–Kier alpha value is -3.36. The third-order valence-electron chi connectivity index (χ3n) is 5.27. The van der Waals surface area contributed by atoms with Gasteiger partial charge in [0.2, 0.25) is 5.95 Å². The molecule has 1 aromatic heterocycles. The molecule has 0 spiro atoms. The number of carbonyl (C=O) groups excluding carboxylic acids is 2. The van der Waals surface area contributed by atoms with E-state index >= 15 is 0 Å². The summed E-state index contributed by atoms with van der Waals surface area (Å²) >= 11 is 0. The number of ether oxygens (including phenoxy) is 1. The first-order valence-corrected chi connectivity index (χ1v) is 11.1. The smallest absolute Gasteiger partial charge is 0.410 e. The molecule has 1 atom stereocenters. The monoisotopic (exact) mass is 455 g/mol. The zero-order valence-corrected chi connectivity index (χ0v) is 20.4. The predicted octanol–water partition coefficient (Wildman–Crippen LogP) is 3.09. The van der Waals surface area contributed by atoms with Gasteiger partial charge in [0, 0.05) is 36.7 Å². The molecule has 1 aliphatic heterocycles. The lowest BCUT2D eigenvalue weighted by atomic mass is 10.00. The van der Waals surface area contributed by atoms with Crippen LogP contribution in [0.2, 0.25) is 0 Å². The average Bonchev–Trinajstić information content (AvgIpc) is 2.72. The van der Waals surface area contributed by atoms with Gasteiger partial charge in [0.1, 0.15) is 5.60 Å². The molecule has 2 aromatic rings. The van der Waals surface area contributed by atoms with Gasteiger partial charge in [-0.25, -0.2) is 14.3 Å². The number of fused-ring (bicyclic) bond motifs is 1. The van der Waals surface area contributed by atoms with E-state index in [2.05, 4.69) is 10.6 Å². The first-order chi connectivity index (χ1) is 15.4. The molecule has 178 valence electrons. The standard InChI is InChI=1S/C24H33N5O4/c1-14(2)26-22-27-19-13-28(23(32)33-24(4,5)6)15(3)12-18(19)21(31)29(22)17-10-8-16(9-11-17)20(30)25-7/h8-11,14-15H,12-13H2,1-7H3,(H,25,30)(H,26,27)/t15-/m1/s1. The Morgan fingerprint density at radius 2 is 1.82 bits per heavy atom. The Bertz CT molecular complexity index is 1100. The molecule has 3 rings (SSSR count). The van der Waals surface area contributed by atoms with Gasteiger partial charge >= 0.3 is 6.09 Å². The number of nitrogens with one attached hydrogen (secondary N) is 2. The highest BCUT2D eigenvalue weighted by Gasteiger charge is 2.33. The zero-order chi connectivity index (χ0) is 24.5. The molecular weight excluding hydrogens is 422 g/mol. The lowest BCUT2D eigenvalue weighted by Gasteiger charge is -2.35. The number of hydrogen-bond donors (Lipinski definition) is 2. The van der Waals surface area contributed by atoms with Crippen molar-refractivity contribution in [1.29, 1.82) is 0 Å². The molecule has 2 heterocycles. The quantitative estimate of drug-likeness (QED) is 0.734. The van der Waals surface area contributed by atoms with Crippen LogP contribution in [0.15, 0.2) is 29.1 Å². The minimum atomic E-state index is -0.612. The van der Waals surface area contributed by atoms with Crippen LogP contribution in [0.25, 0.3) is 5.69 Å². The molecule has 0 bridgehead atoms. The van der Waals surface area contributed by atoms with E-state index in [-0.39, 0.29) is 30.1 Å². The van der Waals surface area contributed by atoms with Gasteiger partial charge in [-0.3, -0.25) is 14.5 Å². The predicted molar refractivity (Wildman–Crippen MR) is 127 cm³/mol. The highest BCUT2D eigenvalue weighted by molar-refractivity contribution is 5.94. The van der Waals surface area contributed by atoms with E-state index in [0.717, 1.165) is 0 Å². The van der Waals surface area contributed by atoms with Gasteiger partial charge < -0.3 is 15.4 Å². The first-order valence-electron chi connectivity index (χ1n) is 11.1. The maximum Gasteiger partial charge on any atom is 0.410 e.